The summed E-state index contributed by atoms with van der Waals surface area (Å²) in [5.41, 5.74) is 2.37. The quantitative estimate of drug-likeness (QED) is 0.822. The van der Waals surface area contributed by atoms with Crippen molar-refractivity contribution in [3.05, 3.63) is 24.3 Å². The fraction of sp³-hybridized carbons (Fsp3) is 0.571. The molecular weight excluding hydrogens is 212 g/mol. The Morgan fingerprint density at radius 3 is 2.59 bits per heavy atom. The fourth-order valence-corrected chi connectivity index (χ4v) is 1.69. The molecule has 0 radical (unpaired) electrons. The number of hydrogen-bond acceptors (Lipinski definition) is 3. The molecule has 96 valence electrons. The molecule has 17 heavy (non-hydrogen) atoms. The second-order valence-electron chi connectivity index (χ2n) is 4.76. The Bertz CT molecular complexity index is 339. The molecule has 0 unspecified atom stereocenters. The summed E-state index contributed by atoms with van der Waals surface area (Å²) in [4.78, 5) is 2.26. The predicted molar refractivity (Wildman–Crippen MR) is 74.9 cm³/mol. The van der Waals surface area contributed by atoms with Gasteiger partial charge < -0.3 is 15.0 Å². The van der Waals surface area contributed by atoms with Gasteiger partial charge in [-0.2, -0.15) is 0 Å². The van der Waals surface area contributed by atoms with Crippen LogP contribution in [0.25, 0.3) is 0 Å². The highest BCUT2D eigenvalue weighted by Crippen LogP contribution is 2.20. The Morgan fingerprint density at radius 1 is 1.29 bits per heavy atom. The zero-order valence-corrected chi connectivity index (χ0v) is 11.5. The molecule has 0 bridgehead atoms. The molecule has 3 nitrogen and oxygen atoms in total. The molecule has 0 saturated carbocycles. The summed E-state index contributed by atoms with van der Waals surface area (Å²) in [5, 5.41) is 3.43. The van der Waals surface area contributed by atoms with Crippen LogP contribution in [0.15, 0.2) is 24.3 Å². The van der Waals surface area contributed by atoms with Crippen LogP contribution in [0.3, 0.4) is 0 Å². The largest absolute Gasteiger partial charge is 0.383 e. The lowest BCUT2D eigenvalue weighted by Crippen LogP contribution is -2.26. The van der Waals surface area contributed by atoms with Gasteiger partial charge in [0.15, 0.2) is 0 Å². The third-order valence-corrected chi connectivity index (χ3v) is 2.86. The van der Waals surface area contributed by atoms with Gasteiger partial charge in [-0.15, -0.1) is 0 Å². The van der Waals surface area contributed by atoms with Crippen LogP contribution in [0, 0.1) is 0 Å². The predicted octanol–water partition coefficient (Wildman–Crippen LogP) is 2.98. The van der Waals surface area contributed by atoms with Crippen LogP contribution < -0.4 is 10.2 Å². The summed E-state index contributed by atoms with van der Waals surface area (Å²) < 4.78 is 5.12. The number of benzene rings is 1. The van der Waals surface area contributed by atoms with Crippen molar-refractivity contribution in [1.29, 1.82) is 0 Å². The average molecular weight is 236 g/mol. The number of nitrogens with one attached hydrogen (secondary N) is 1. The summed E-state index contributed by atoms with van der Waals surface area (Å²) >= 11 is 0. The van der Waals surface area contributed by atoms with Crippen LogP contribution in [0.4, 0.5) is 11.4 Å². The number of anilines is 2. The third-order valence-electron chi connectivity index (χ3n) is 2.86. The standard InChI is InChI=1S/C14H24N2O/c1-11(2)16(4)14-8-6-7-13(9-14)15-12(3)10-17-5/h6-9,11-12,15H,10H2,1-5H3/t12-/m0/s1. The molecule has 1 aromatic rings. The number of nitrogens with zero attached hydrogens (tertiary/aromatic N) is 1. The Hall–Kier alpha value is -1.22. The summed E-state index contributed by atoms with van der Waals surface area (Å²) in [6, 6.07) is 9.29. The average Bonchev–Trinajstić information content (AvgIpc) is 2.28. The molecule has 0 spiro atoms. The molecule has 0 saturated heterocycles. The maximum Gasteiger partial charge on any atom is 0.0661 e. The lowest BCUT2D eigenvalue weighted by Gasteiger charge is -2.25. The van der Waals surface area contributed by atoms with Gasteiger partial charge in [0.1, 0.15) is 0 Å². The molecular formula is C14H24N2O. The zero-order chi connectivity index (χ0) is 12.8. The minimum Gasteiger partial charge on any atom is -0.383 e. The molecule has 0 fully saturated rings. The van der Waals surface area contributed by atoms with Gasteiger partial charge >= 0.3 is 0 Å². The highest BCUT2D eigenvalue weighted by atomic mass is 16.5. The van der Waals surface area contributed by atoms with Crippen molar-refractivity contribution in [1.82, 2.24) is 0 Å². The lowest BCUT2D eigenvalue weighted by atomic mass is 10.2. The minimum absolute atomic E-state index is 0.319. The molecule has 1 aromatic carbocycles. The van der Waals surface area contributed by atoms with E-state index in [-0.39, 0.29) is 0 Å². The van der Waals surface area contributed by atoms with Gasteiger partial charge in [0.2, 0.25) is 0 Å². The highest BCUT2D eigenvalue weighted by molar-refractivity contribution is 5.58. The van der Waals surface area contributed by atoms with E-state index >= 15 is 0 Å². The van der Waals surface area contributed by atoms with Gasteiger partial charge in [-0.1, -0.05) is 6.07 Å². The fourth-order valence-electron chi connectivity index (χ4n) is 1.69. The van der Waals surface area contributed by atoms with E-state index in [0.29, 0.717) is 18.7 Å². The minimum atomic E-state index is 0.319. The first-order valence-electron chi connectivity index (χ1n) is 6.13. The summed E-state index contributed by atoms with van der Waals surface area (Å²) in [7, 11) is 3.84. The van der Waals surface area contributed by atoms with Crippen molar-refractivity contribution in [2.75, 3.05) is 31.0 Å². The van der Waals surface area contributed by atoms with E-state index in [9.17, 15) is 0 Å². The van der Waals surface area contributed by atoms with Crippen molar-refractivity contribution < 1.29 is 4.74 Å². The maximum absolute atomic E-state index is 5.12. The van der Waals surface area contributed by atoms with E-state index in [1.165, 1.54) is 5.69 Å². The molecule has 3 heteroatoms. The van der Waals surface area contributed by atoms with Crippen molar-refractivity contribution >= 4 is 11.4 Å². The van der Waals surface area contributed by atoms with Gasteiger partial charge in [-0.3, -0.25) is 0 Å². The zero-order valence-electron chi connectivity index (χ0n) is 11.5. The van der Waals surface area contributed by atoms with Crippen LogP contribution in [0.5, 0.6) is 0 Å². The van der Waals surface area contributed by atoms with Crippen LogP contribution in [-0.2, 0) is 4.74 Å². The van der Waals surface area contributed by atoms with Crippen molar-refractivity contribution in [2.45, 2.75) is 32.9 Å². The second kappa shape index (κ2) is 6.50. The molecule has 0 amide bonds. The van der Waals surface area contributed by atoms with Crippen LogP contribution in [0.2, 0.25) is 0 Å². The molecule has 0 aliphatic heterocycles. The normalized spacial score (nSPS) is 12.6. The number of methoxy groups -OCH3 is 1. The van der Waals surface area contributed by atoms with E-state index in [4.69, 9.17) is 4.74 Å². The van der Waals surface area contributed by atoms with E-state index in [1.807, 2.05) is 0 Å². The Morgan fingerprint density at radius 2 is 2.00 bits per heavy atom. The Balaban J connectivity index is 2.72. The van der Waals surface area contributed by atoms with Crippen molar-refractivity contribution in [2.24, 2.45) is 0 Å². The molecule has 0 aromatic heterocycles. The van der Waals surface area contributed by atoms with Crippen molar-refractivity contribution in [3.8, 4) is 0 Å². The summed E-state index contributed by atoms with van der Waals surface area (Å²) in [6.07, 6.45) is 0. The first-order chi connectivity index (χ1) is 8.04. The summed E-state index contributed by atoms with van der Waals surface area (Å²) in [5.74, 6) is 0. The van der Waals surface area contributed by atoms with Gasteiger partial charge in [0, 0.05) is 37.6 Å². The van der Waals surface area contributed by atoms with E-state index in [1.54, 1.807) is 7.11 Å². The molecule has 0 aliphatic rings. The van der Waals surface area contributed by atoms with E-state index in [2.05, 4.69) is 62.3 Å². The maximum atomic E-state index is 5.12. The van der Waals surface area contributed by atoms with Crippen molar-refractivity contribution in [3.63, 3.8) is 0 Å². The highest BCUT2D eigenvalue weighted by Gasteiger charge is 2.06. The van der Waals surface area contributed by atoms with Crippen LogP contribution >= 0.6 is 0 Å². The van der Waals surface area contributed by atoms with Gasteiger partial charge in [-0.05, 0) is 39.0 Å². The molecule has 1 atom stereocenters. The second-order valence-corrected chi connectivity index (χ2v) is 4.76. The monoisotopic (exact) mass is 236 g/mol. The molecule has 0 heterocycles. The van der Waals surface area contributed by atoms with Gasteiger partial charge in [0.05, 0.1) is 6.61 Å². The summed E-state index contributed by atoms with van der Waals surface area (Å²) in [6.45, 7) is 7.20. The first-order valence-corrected chi connectivity index (χ1v) is 6.13. The van der Waals surface area contributed by atoms with Crippen LogP contribution in [-0.4, -0.2) is 32.8 Å². The molecule has 0 aliphatic carbocycles. The number of ether oxygens (including phenoxy) is 1. The molecule has 1 rings (SSSR count). The smallest absolute Gasteiger partial charge is 0.0661 e. The number of rotatable bonds is 6. The van der Waals surface area contributed by atoms with Gasteiger partial charge in [-0.25, -0.2) is 0 Å². The Labute approximate surface area is 105 Å². The topological polar surface area (TPSA) is 24.5 Å². The van der Waals surface area contributed by atoms with Crippen LogP contribution in [0.1, 0.15) is 20.8 Å². The first kappa shape index (κ1) is 13.8. The van der Waals surface area contributed by atoms with Gasteiger partial charge in [0.25, 0.3) is 0 Å². The Kier molecular flexibility index (Phi) is 5.29. The SMILES string of the molecule is COC[C@H](C)Nc1cccc(N(C)C(C)C)c1. The van der Waals surface area contributed by atoms with E-state index in [0.717, 1.165) is 5.69 Å². The number of hydrogen-bond donors (Lipinski definition) is 1. The van der Waals surface area contributed by atoms with E-state index < -0.39 is 0 Å². The lowest BCUT2D eigenvalue weighted by molar-refractivity contribution is 0.190. The third kappa shape index (κ3) is 4.27. The molecule has 1 N–H and O–H groups in total.